The van der Waals surface area contributed by atoms with Crippen molar-refractivity contribution in [3.63, 3.8) is 0 Å². The first kappa shape index (κ1) is 20.6. The first-order valence-electron chi connectivity index (χ1n) is 9.54. The van der Waals surface area contributed by atoms with Crippen LogP contribution < -0.4 is 10.6 Å². The van der Waals surface area contributed by atoms with Gasteiger partial charge in [-0.05, 0) is 61.2 Å². The maximum Gasteiger partial charge on any atom is 0.435 e. The molecule has 0 atom stereocenters. The van der Waals surface area contributed by atoms with Crippen LogP contribution in [0.4, 0.5) is 18.9 Å². The van der Waals surface area contributed by atoms with E-state index >= 15 is 0 Å². The SMILES string of the molecule is CC(C)c1ccc(NC(=S)NCCCn2nc(C(F)(F)F)cc2C2CC2)cc1. The minimum absolute atomic E-state index is 0.216. The Hall–Kier alpha value is -2.09. The number of aromatic nitrogens is 2. The molecule has 1 aromatic carbocycles. The summed E-state index contributed by atoms with van der Waals surface area (Å²) in [5.41, 5.74) is 2.05. The van der Waals surface area contributed by atoms with Crippen molar-refractivity contribution in [1.82, 2.24) is 15.1 Å². The molecule has 152 valence electrons. The van der Waals surface area contributed by atoms with Crippen LogP contribution in [0.25, 0.3) is 0 Å². The minimum atomic E-state index is -4.40. The molecule has 3 rings (SSSR count). The Balaban J connectivity index is 1.46. The van der Waals surface area contributed by atoms with Gasteiger partial charge in [-0.1, -0.05) is 26.0 Å². The zero-order chi connectivity index (χ0) is 20.3. The molecule has 1 heterocycles. The molecule has 0 radical (unpaired) electrons. The normalized spacial score (nSPS) is 14.4. The molecule has 0 amide bonds. The predicted octanol–water partition coefficient (Wildman–Crippen LogP) is 5.28. The third-order valence-corrected chi connectivity index (χ3v) is 5.01. The Morgan fingerprint density at radius 1 is 1.25 bits per heavy atom. The number of alkyl halides is 3. The summed E-state index contributed by atoms with van der Waals surface area (Å²) < 4.78 is 40.3. The van der Waals surface area contributed by atoms with Gasteiger partial charge in [-0.3, -0.25) is 4.68 Å². The fourth-order valence-corrected chi connectivity index (χ4v) is 3.23. The second-order valence-corrected chi connectivity index (χ2v) is 7.87. The zero-order valence-electron chi connectivity index (χ0n) is 16.0. The summed E-state index contributed by atoms with van der Waals surface area (Å²) in [6.07, 6.45) is -1.90. The van der Waals surface area contributed by atoms with Crippen molar-refractivity contribution in [2.75, 3.05) is 11.9 Å². The van der Waals surface area contributed by atoms with Crippen molar-refractivity contribution >= 4 is 23.0 Å². The first-order valence-corrected chi connectivity index (χ1v) is 9.94. The lowest BCUT2D eigenvalue weighted by molar-refractivity contribution is -0.141. The van der Waals surface area contributed by atoms with Crippen LogP contribution in [0.3, 0.4) is 0 Å². The molecular formula is C20H25F3N4S. The molecule has 1 aromatic heterocycles. The summed E-state index contributed by atoms with van der Waals surface area (Å²) >= 11 is 5.29. The van der Waals surface area contributed by atoms with E-state index in [2.05, 4.69) is 41.7 Å². The number of anilines is 1. The van der Waals surface area contributed by atoms with Crippen molar-refractivity contribution in [2.45, 2.75) is 57.7 Å². The number of thiocarbonyl (C=S) groups is 1. The molecule has 0 bridgehead atoms. The van der Waals surface area contributed by atoms with Crippen LogP contribution in [0, 0.1) is 0 Å². The molecule has 1 aliphatic carbocycles. The van der Waals surface area contributed by atoms with Gasteiger partial charge in [-0.25, -0.2) is 0 Å². The van der Waals surface area contributed by atoms with E-state index in [-0.39, 0.29) is 5.92 Å². The fourth-order valence-electron chi connectivity index (χ4n) is 3.01. The Morgan fingerprint density at radius 2 is 1.93 bits per heavy atom. The second-order valence-electron chi connectivity index (χ2n) is 7.46. The van der Waals surface area contributed by atoms with Gasteiger partial charge in [0.1, 0.15) is 0 Å². The quantitative estimate of drug-likeness (QED) is 0.481. The van der Waals surface area contributed by atoms with Crippen LogP contribution in [0.5, 0.6) is 0 Å². The highest BCUT2D eigenvalue weighted by Gasteiger charge is 2.37. The number of aryl methyl sites for hydroxylation is 1. The molecule has 2 N–H and O–H groups in total. The lowest BCUT2D eigenvalue weighted by Gasteiger charge is -2.12. The van der Waals surface area contributed by atoms with Gasteiger partial charge in [-0.2, -0.15) is 18.3 Å². The van der Waals surface area contributed by atoms with E-state index in [1.54, 1.807) is 0 Å². The number of rotatable bonds is 7. The zero-order valence-corrected chi connectivity index (χ0v) is 16.8. The van der Waals surface area contributed by atoms with Gasteiger partial charge in [-0.15, -0.1) is 0 Å². The number of halogens is 3. The molecule has 8 heteroatoms. The predicted molar refractivity (Wildman–Crippen MR) is 109 cm³/mol. The molecule has 0 aliphatic heterocycles. The number of hydrogen-bond donors (Lipinski definition) is 2. The summed E-state index contributed by atoms with van der Waals surface area (Å²) in [4.78, 5) is 0. The van der Waals surface area contributed by atoms with Gasteiger partial charge in [0, 0.05) is 30.4 Å². The Kier molecular flexibility index (Phi) is 6.27. The molecule has 1 saturated carbocycles. The van der Waals surface area contributed by atoms with Gasteiger partial charge in [0.25, 0.3) is 0 Å². The van der Waals surface area contributed by atoms with E-state index in [0.29, 0.717) is 36.2 Å². The van der Waals surface area contributed by atoms with Crippen molar-refractivity contribution < 1.29 is 13.2 Å². The first-order chi connectivity index (χ1) is 13.2. The average molecular weight is 411 g/mol. The van der Waals surface area contributed by atoms with E-state index in [1.807, 2.05) is 12.1 Å². The highest BCUT2D eigenvalue weighted by atomic mass is 32.1. The summed E-state index contributed by atoms with van der Waals surface area (Å²) in [7, 11) is 0. The van der Waals surface area contributed by atoms with Crippen molar-refractivity contribution in [3.05, 3.63) is 47.3 Å². The van der Waals surface area contributed by atoms with Crippen LogP contribution in [0.1, 0.15) is 61.9 Å². The molecule has 0 spiro atoms. The van der Waals surface area contributed by atoms with Crippen LogP contribution in [-0.4, -0.2) is 21.4 Å². The number of nitrogens with one attached hydrogen (secondary N) is 2. The largest absolute Gasteiger partial charge is 0.435 e. The van der Waals surface area contributed by atoms with Gasteiger partial charge in [0.05, 0.1) is 0 Å². The van der Waals surface area contributed by atoms with E-state index in [0.717, 1.165) is 18.5 Å². The van der Waals surface area contributed by atoms with Gasteiger partial charge >= 0.3 is 6.18 Å². The van der Waals surface area contributed by atoms with Crippen molar-refractivity contribution in [1.29, 1.82) is 0 Å². The maximum absolute atomic E-state index is 12.9. The van der Waals surface area contributed by atoms with Gasteiger partial charge in [0.2, 0.25) is 0 Å². The monoisotopic (exact) mass is 410 g/mol. The van der Waals surface area contributed by atoms with E-state index in [1.165, 1.54) is 16.3 Å². The van der Waals surface area contributed by atoms with Crippen LogP contribution in [0.15, 0.2) is 30.3 Å². The molecule has 2 aromatic rings. The van der Waals surface area contributed by atoms with Crippen LogP contribution >= 0.6 is 12.2 Å². The van der Waals surface area contributed by atoms with E-state index in [9.17, 15) is 13.2 Å². The fraction of sp³-hybridized carbons (Fsp3) is 0.500. The molecule has 28 heavy (non-hydrogen) atoms. The molecule has 1 aliphatic rings. The smallest absolute Gasteiger partial charge is 0.362 e. The Morgan fingerprint density at radius 3 is 2.50 bits per heavy atom. The topological polar surface area (TPSA) is 41.9 Å². The highest BCUT2D eigenvalue weighted by molar-refractivity contribution is 7.80. The van der Waals surface area contributed by atoms with Gasteiger partial charge in [0.15, 0.2) is 10.8 Å². The van der Waals surface area contributed by atoms with Crippen molar-refractivity contribution in [2.24, 2.45) is 0 Å². The highest BCUT2D eigenvalue weighted by Crippen LogP contribution is 2.42. The van der Waals surface area contributed by atoms with Crippen LogP contribution in [-0.2, 0) is 12.7 Å². The number of benzene rings is 1. The third-order valence-electron chi connectivity index (χ3n) is 4.76. The molecule has 1 fully saturated rings. The summed E-state index contributed by atoms with van der Waals surface area (Å²) in [5, 5.41) is 10.5. The maximum atomic E-state index is 12.9. The summed E-state index contributed by atoms with van der Waals surface area (Å²) in [6, 6.07) is 9.27. The Bertz CT molecular complexity index is 808. The summed E-state index contributed by atoms with van der Waals surface area (Å²) in [6.45, 7) is 5.27. The average Bonchev–Trinajstić information content (AvgIpc) is 3.37. The number of hydrogen-bond acceptors (Lipinski definition) is 2. The van der Waals surface area contributed by atoms with Crippen molar-refractivity contribution in [3.8, 4) is 0 Å². The second kappa shape index (κ2) is 8.51. The molecule has 0 saturated heterocycles. The van der Waals surface area contributed by atoms with E-state index in [4.69, 9.17) is 12.2 Å². The molecular weight excluding hydrogens is 385 g/mol. The van der Waals surface area contributed by atoms with E-state index < -0.39 is 11.9 Å². The third kappa shape index (κ3) is 5.47. The number of nitrogens with zero attached hydrogens (tertiary/aromatic N) is 2. The lowest BCUT2D eigenvalue weighted by atomic mass is 10.0. The standard InChI is InChI=1S/C20H25F3N4S/c1-13(2)14-6-8-16(9-7-14)25-19(28)24-10-3-11-27-17(15-4-5-15)12-18(26-27)20(21,22)23/h6-9,12-13,15H,3-5,10-11H2,1-2H3,(H2,24,25,28). The Labute approximate surface area is 168 Å². The molecule has 4 nitrogen and oxygen atoms in total. The van der Waals surface area contributed by atoms with Crippen LogP contribution in [0.2, 0.25) is 0 Å². The van der Waals surface area contributed by atoms with Gasteiger partial charge < -0.3 is 10.6 Å². The lowest BCUT2D eigenvalue weighted by Crippen LogP contribution is -2.30. The summed E-state index contributed by atoms with van der Waals surface area (Å²) in [5.74, 6) is 0.688. The minimum Gasteiger partial charge on any atom is -0.362 e. The molecule has 0 unspecified atom stereocenters.